The van der Waals surface area contributed by atoms with E-state index in [4.69, 9.17) is 9.47 Å². The van der Waals surface area contributed by atoms with Crippen molar-refractivity contribution in [1.29, 1.82) is 0 Å². The van der Waals surface area contributed by atoms with Crippen LogP contribution < -0.4 is 20.3 Å². The van der Waals surface area contributed by atoms with Gasteiger partial charge < -0.3 is 9.47 Å². The number of nitrogens with one attached hydrogen (secondary N) is 2. The molecule has 1 saturated heterocycles. The van der Waals surface area contributed by atoms with Crippen LogP contribution in [0.25, 0.3) is 0 Å². The zero-order valence-electron chi connectivity index (χ0n) is 13.5. The zero-order valence-corrected chi connectivity index (χ0v) is 14.3. The molecule has 1 aromatic carbocycles. The standard InChI is InChI=1S/C15H20N2O6S/c1-3-23-12-5-4-10(8-13(12)22-2)14(18)16-17-15(19)11-6-7-24(20,21)9-11/h4-5,8,11H,3,6-7,9H2,1-2H3,(H,16,18)(H,17,19)/t11-/m0/s1. The minimum absolute atomic E-state index is 0.00484. The van der Waals surface area contributed by atoms with E-state index in [0.29, 0.717) is 18.1 Å². The Morgan fingerprint density at radius 1 is 1.25 bits per heavy atom. The molecule has 1 atom stereocenters. The zero-order chi connectivity index (χ0) is 17.7. The summed E-state index contributed by atoms with van der Waals surface area (Å²) in [5, 5.41) is 0. The monoisotopic (exact) mass is 356 g/mol. The molecule has 9 heteroatoms. The first kappa shape index (κ1) is 18.1. The van der Waals surface area contributed by atoms with E-state index >= 15 is 0 Å². The van der Waals surface area contributed by atoms with Crippen molar-refractivity contribution in [2.45, 2.75) is 13.3 Å². The summed E-state index contributed by atoms with van der Waals surface area (Å²) in [4.78, 5) is 24.0. The van der Waals surface area contributed by atoms with Crippen molar-refractivity contribution in [2.24, 2.45) is 5.92 Å². The summed E-state index contributed by atoms with van der Waals surface area (Å²) in [6.07, 6.45) is 0.265. The summed E-state index contributed by atoms with van der Waals surface area (Å²) in [5.74, 6) is -0.965. The van der Waals surface area contributed by atoms with Gasteiger partial charge in [-0.25, -0.2) is 8.42 Å². The summed E-state index contributed by atoms with van der Waals surface area (Å²) in [6.45, 7) is 2.29. The highest BCUT2D eigenvalue weighted by Crippen LogP contribution is 2.28. The van der Waals surface area contributed by atoms with Crippen molar-refractivity contribution in [2.75, 3.05) is 25.2 Å². The molecule has 0 aromatic heterocycles. The molecular formula is C15H20N2O6S. The summed E-state index contributed by atoms with van der Waals surface area (Å²) in [6, 6.07) is 4.63. The molecule has 1 heterocycles. The molecule has 0 saturated carbocycles. The smallest absolute Gasteiger partial charge is 0.269 e. The molecule has 0 bridgehead atoms. The van der Waals surface area contributed by atoms with Gasteiger partial charge in [-0.15, -0.1) is 0 Å². The molecule has 2 N–H and O–H groups in total. The fourth-order valence-electron chi connectivity index (χ4n) is 2.38. The first-order chi connectivity index (χ1) is 11.4. The van der Waals surface area contributed by atoms with Crippen LogP contribution in [0, 0.1) is 5.92 Å². The number of amides is 2. The van der Waals surface area contributed by atoms with Crippen molar-refractivity contribution >= 4 is 21.7 Å². The molecular weight excluding hydrogens is 336 g/mol. The number of hydrogen-bond donors (Lipinski definition) is 2. The van der Waals surface area contributed by atoms with Crippen molar-refractivity contribution < 1.29 is 27.5 Å². The molecule has 132 valence electrons. The molecule has 24 heavy (non-hydrogen) atoms. The van der Waals surface area contributed by atoms with E-state index in [1.165, 1.54) is 19.2 Å². The van der Waals surface area contributed by atoms with Gasteiger partial charge in [0.05, 0.1) is 31.1 Å². The Hall–Kier alpha value is -2.29. The second-order valence-electron chi connectivity index (χ2n) is 5.34. The third kappa shape index (κ3) is 4.38. The third-order valence-electron chi connectivity index (χ3n) is 3.63. The number of hydrazine groups is 1. The topological polar surface area (TPSA) is 111 Å². The van der Waals surface area contributed by atoms with Gasteiger partial charge in [0.2, 0.25) is 5.91 Å². The molecule has 0 radical (unpaired) electrons. The summed E-state index contributed by atoms with van der Waals surface area (Å²) in [7, 11) is -1.69. The Kier molecular flexibility index (Phi) is 5.66. The third-order valence-corrected chi connectivity index (χ3v) is 5.40. The highest BCUT2D eigenvalue weighted by Gasteiger charge is 2.33. The van der Waals surface area contributed by atoms with E-state index < -0.39 is 27.6 Å². The molecule has 1 fully saturated rings. The van der Waals surface area contributed by atoms with Crippen LogP contribution in [0.3, 0.4) is 0 Å². The van der Waals surface area contributed by atoms with Gasteiger partial charge in [0.25, 0.3) is 5.91 Å². The molecule has 0 unspecified atom stereocenters. The van der Waals surface area contributed by atoms with Gasteiger partial charge in [-0.1, -0.05) is 0 Å². The van der Waals surface area contributed by atoms with Crippen LogP contribution in [-0.4, -0.2) is 45.5 Å². The lowest BCUT2D eigenvalue weighted by Crippen LogP contribution is -2.44. The fraction of sp³-hybridized carbons (Fsp3) is 0.467. The van der Waals surface area contributed by atoms with Gasteiger partial charge in [0.15, 0.2) is 21.3 Å². The average molecular weight is 356 g/mol. The van der Waals surface area contributed by atoms with Crippen molar-refractivity contribution in [3.8, 4) is 11.5 Å². The predicted octanol–water partition coefficient (Wildman–Crippen LogP) is 0.290. The molecule has 0 aliphatic carbocycles. The van der Waals surface area contributed by atoms with E-state index in [1.807, 2.05) is 6.92 Å². The molecule has 1 aromatic rings. The van der Waals surface area contributed by atoms with Crippen LogP contribution in [0.2, 0.25) is 0 Å². The van der Waals surface area contributed by atoms with Gasteiger partial charge in [-0.3, -0.25) is 20.4 Å². The Balaban J connectivity index is 1.96. The summed E-state index contributed by atoms with van der Waals surface area (Å²) in [5.41, 5.74) is 4.81. The van der Waals surface area contributed by atoms with Crippen LogP contribution in [0.1, 0.15) is 23.7 Å². The van der Waals surface area contributed by atoms with Crippen molar-refractivity contribution in [1.82, 2.24) is 10.9 Å². The van der Waals surface area contributed by atoms with Crippen LogP contribution in [0.15, 0.2) is 18.2 Å². The molecule has 8 nitrogen and oxygen atoms in total. The van der Waals surface area contributed by atoms with Crippen LogP contribution in [0.4, 0.5) is 0 Å². The van der Waals surface area contributed by atoms with Crippen LogP contribution >= 0.6 is 0 Å². The van der Waals surface area contributed by atoms with Crippen molar-refractivity contribution in [3.05, 3.63) is 23.8 Å². The van der Waals surface area contributed by atoms with E-state index in [0.717, 1.165) is 0 Å². The lowest BCUT2D eigenvalue weighted by Gasteiger charge is -2.13. The lowest BCUT2D eigenvalue weighted by atomic mass is 10.1. The van der Waals surface area contributed by atoms with Crippen molar-refractivity contribution in [3.63, 3.8) is 0 Å². The maximum absolute atomic E-state index is 12.1. The van der Waals surface area contributed by atoms with Crippen LogP contribution in [0.5, 0.6) is 11.5 Å². The SMILES string of the molecule is CCOc1ccc(C(=O)NNC(=O)[C@H]2CCS(=O)(=O)C2)cc1OC. The number of hydrogen-bond acceptors (Lipinski definition) is 6. The Morgan fingerprint density at radius 3 is 2.58 bits per heavy atom. The molecule has 0 spiro atoms. The second-order valence-corrected chi connectivity index (χ2v) is 7.57. The predicted molar refractivity (Wildman–Crippen MR) is 86.5 cm³/mol. The normalized spacial score (nSPS) is 18.7. The van der Waals surface area contributed by atoms with Gasteiger partial charge in [-0.05, 0) is 31.5 Å². The fourth-order valence-corrected chi connectivity index (χ4v) is 4.12. The number of rotatable bonds is 5. The van der Waals surface area contributed by atoms with E-state index in [1.54, 1.807) is 6.07 Å². The lowest BCUT2D eigenvalue weighted by molar-refractivity contribution is -0.125. The number of methoxy groups -OCH3 is 1. The summed E-state index contributed by atoms with van der Waals surface area (Å²) >= 11 is 0. The van der Waals surface area contributed by atoms with Gasteiger partial charge in [0, 0.05) is 5.56 Å². The number of sulfone groups is 1. The Bertz CT molecular complexity index is 731. The highest BCUT2D eigenvalue weighted by molar-refractivity contribution is 7.91. The number of carbonyl (C=O) groups excluding carboxylic acids is 2. The van der Waals surface area contributed by atoms with Gasteiger partial charge >= 0.3 is 0 Å². The maximum atomic E-state index is 12.1. The van der Waals surface area contributed by atoms with E-state index in [2.05, 4.69) is 10.9 Å². The first-order valence-corrected chi connectivity index (χ1v) is 9.30. The largest absolute Gasteiger partial charge is 0.493 e. The molecule has 1 aliphatic rings. The molecule has 2 rings (SSSR count). The summed E-state index contributed by atoms with van der Waals surface area (Å²) < 4.78 is 33.3. The number of benzene rings is 1. The van der Waals surface area contributed by atoms with Gasteiger partial charge in [-0.2, -0.15) is 0 Å². The maximum Gasteiger partial charge on any atom is 0.269 e. The minimum atomic E-state index is -3.15. The number of ether oxygens (including phenoxy) is 2. The van der Waals surface area contributed by atoms with Gasteiger partial charge in [0.1, 0.15) is 0 Å². The molecule has 2 amide bonds. The average Bonchev–Trinajstić information content (AvgIpc) is 2.93. The van der Waals surface area contributed by atoms with E-state index in [9.17, 15) is 18.0 Å². The first-order valence-electron chi connectivity index (χ1n) is 7.47. The quantitative estimate of drug-likeness (QED) is 0.734. The highest BCUT2D eigenvalue weighted by atomic mass is 32.2. The Labute approximate surface area is 140 Å². The van der Waals surface area contributed by atoms with E-state index in [-0.39, 0.29) is 23.5 Å². The Morgan fingerprint density at radius 2 is 2.00 bits per heavy atom. The van der Waals surface area contributed by atoms with Crippen LogP contribution in [-0.2, 0) is 14.6 Å². The molecule has 1 aliphatic heterocycles. The minimum Gasteiger partial charge on any atom is -0.493 e. The number of carbonyl (C=O) groups is 2. The second kappa shape index (κ2) is 7.52.